The molecule has 0 saturated carbocycles. The quantitative estimate of drug-likeness (QED) is 0.221. The SMILES string of the molecule is Cc1cccc(C2=CNCC(c3ccc(-c4c5ccccc5c(-c5ccc6ccccc6c5)c5ccccc45)cc3)=C2)n1. The third kappa shape index (κ3) is 4.49. The van der Waals surface area contributed by atoms with Crippen LogP contribution in [0.25, 0.3) is 65.7 Å². The third-order valence-electron chi connectivity index (χ3n) is 8.58. The molecule has 1 aromatic heterocycles. The zero-order valence-corrected chi connectivity index (χ0v) is 24.0. The van der Waals surface area contributed by atoms with Crippen molar-refractivity contribution in [3.8, 4) is 22.3 Å². The van der Waals surface area contributed by atoms with Crippen molar-refractivity contribution in [3.05, 3.63) is 163 Å². The van der Waals surface area contributed by atoms with Crippen LogP contribution in [0.15, 0.2) is 146 Å². The van der Waals surface area contributed by atoms with Crippen molar-refractivity contribution in [2.75, 3.05) is 6.54 Å². The lowest BCUT2D eigenvalue weighted by molar-refractivity contribution is 0.986. The Kier molecular flexibility index (Phi) is 6.12. The summed E-state index contributed by atoms with van der Waals surface area (Å²) < 4.78 is 0. The Bertz CT molecular complexity index is 2180. The van der Waals surface area contributed by atoms with Crippen molar-refractivity contribution >= 4 is 43.5 Å². The third-order valence-corrected chi connectivity index (χ3v) is 8.58. The Morgan fingerprint density at radius 2 is 1.12 bits per heavy atom. The zero-order valence-electron chi connectivity index (χ0n) is 24.0. The molecule has 43 heavy (non-hydrogen) atoms. The average molecular weight is 551 g/mol. The minimum absolute atomic E-state index is 0.793. The van der Waals surface area contributed by atoms with Gasteiger partial charge in [0.1, 0.15) is 0 Å². The van der Waals surface area contributed by atoms with E-state index >= 15 is 0 Å². The summed E-state index contributed by atoms with van der Waals surface area (Å²) in [4.78, 5) is 4.73. The summed E-state index contributed by atoms with van der Waals surface area (Å²) >= 11 is 0. The van der Waals surface area contributed by atoms with Gasteiger partial charge < -0.3 is 5.32 Å². The first-order chi connectivity index (χ1) is 21.2. The molecular formula is C41H30N2. The number of pyridine rings is 1. The van der Waals surface area contributed by atoms with E-state index in [1.807, 2.05) is 13.0 Å². The van der Waals surface area contributed by atoms with Gasteiger partial charge in [0.2, 0.25) is 0 Å². The maximum atomic E-state index is 4.73. The zero-order chi connectivity index (χ0) is 28.8. The molecule has 0 saturated heterocycles. The van der Waals surface area contributed by atoms with Gasteiger partial charge in [-0.15, -0.1) is 0 Å². The van der Waals surface area contributed by atoms with E-state index in [-0.39, 0.29) is 0 Å². The number of hydrogen-bond acceptors (Lipinski definition) is 2. The molecule has 0 atom stereocenters. The number of aryl methyl sites for hydroxylation is 1. The molecule has 6 aromatic carbocycles. The summed E-state index contributed by atoms with van der Waals surface area (Å²) in [5.74, 6) is 0. The molecule has 0 radical (unpaired) electrons. The molecule has 2 heterocycles. The number of nitrogens with one attached hydrogen (secondary N) is 1. The van der Waals surface area contributed by atoms with Gasteiger partial charge >= 0.3 is 0 Å². The second-order valence-corrected chi connectivity index (χ2v) is 11.3. The molecule has 1 aliphatic rings. The molecule has 0 bridgehead atoms. The van der Waals surface area contributed by atoms with E-state index in [0.29, 0.717) is 0 Å². The second kappa shape index (κ2) is 10.4. The molecule has 0 spiro atoms. The molecule has 0 amide bonds. The van der Waals surface area contributed by atoms with Gasteiger partial charge in [-0.2, -0.15) is 0 Å². The first-order valence-electron chi connectivity index (χ1n) is 14.8. The van der Waals surface area contributed by atoms with Gasteiger partial charge in [0.05, 0.1) is 5.69 Å². The van der Waals surface area contributed by atoms with Crippen molar-refractivity contribution in [3.63, 3.8) is 0 Å². The summed E-state index contributed by atoms with van der Waals surface area (Å²) in [5, 5.41) is 11.1. The first kappa shape index (κ1) is 25.3. The predicted octanol–water partition coefficient (Wildman–Crippen LogP) is 10.2. The molecule has 0 aliphatic carbocycles. The fourth-order valence-electron chi connectivity index (χ4n) is 6.53. The van der Waals surface area contributed by atoms with E-state index < -0.39 is 0 Å². The highest BCUT2D eigenvalue weighted by atomic mass is 14.8. The molecule has 1 aliphatic heterocycles. The van der Waals surface area contributed by atoms with Crippen molar-refractivity contribution in [2.24, 2.45) is 0 Å². The summed E-state index contributed by atoms with van der Waals surface area (Å²) in [6.07, 6.45) is 4.32. The topological polar surface area (TPSA) is 24.9 Å². The van der Waals surface area contributed by atoms with Gasteiger partial charge in [0, 0.05) is 24.0 Å². The van der Waals surface area contributed by atoms with Gasteiger partial charge in [0.15, 0.2) is 0 Å². The van der Waals surface area contributed by atoms with E-state index in [2.05, 4.69) is 145 Å². The highest BCUT2D eigenvalue weighted by molar-refractivity contribution is 6.21. The molecule has 204 valence electrons. The molecule has 2 nitrogen and oxygen atoms in total. The van der Waals surface area contributed by atoms with Crippen molar-refractivity contribution in [1.29, 1.82) is 0 Å². The fourth-order valence-corrected chi connectivity index (χ4v) is 6.53. The fraction of sp³-hybridized carbons (Fsp3) is 0.0488. The van der Waals surface area contributed by atoms with Crippen LogP contribution in [-0.4, -0.2) is 11.5 Å². The Morgan fingerprint density at radius 3 is 1.79 bits per heavy atom. The van der Waals surface area contributed by atoms with Crippen LogP contribution in [0.1, 0.15) is 17.0 Å². The van der Waals surface area contributed by atoms with Crippen LogP contribution >= 0.6 is 0 Å². The van der Waals surface area contributed by atoms with Crippen LogP contribution in [0, 0.1) is 6.92 Å². The Balaban J connectivity index is 1.26. The first-order valence-corrected chi connectivity index (χ1v) is 14.8. The van der Waals surface area contributed by atoms with E-state index in [1.165, 1.54) is 65.7 Å². The largest absolute Gasteiger partial charge is 0.386 e. The average Bonchev–Trinajstić information content (AvgIpc) is 3.07. The van der Waals surface area contributed by atoms with E-state index in [1.54, 1.807) is 0 Å². The predicted molar refractivity (Wildman–Crippen MR) is 183 cm³/mol. The molecular weight excluding hydrogens is 520 g/mol. The van der Waals surface area contributed by atoms with Crippen LogP contribution in [0.4, 0.5) is 0 Å². The number of hydrogen-bond donors (Lipinski definition) is 1. The number of aromatic nitrogens is 1. The lowest BCUT2D eigenvalue weighted by Gasteiger charge is -2.19. The number of nitrogens with zero attached hydrogens (tertiary/aromatic N) is 1. The van der Waals surface area contributed by atoms with Crippen LogP contribution in [0.3, 0.4) is 0 Å². The summed E-state index contributed by atoms with van der Waals surface area (Å²) in [5.41, 5.74) is 10.6. The van der Waals surface area contributed by atoms with Crippen LogP contribution < -0.4 is 5.32 Å². The van der Waals surface area contributed by atoms with E-state index in [9.17, 15) is 0 Å². The van der Waals surface area contributed by atoms with Crippen LogP contribution in [-0.2, 0) is 0 Å². The number of benzene rings is 6. The standard InChI is InChI=1S/C41H30N2/c1-27-9-8-16-39(43-27)34-24-33(25-42-26-34)29-17-20-30(21-18-29)40-35-12-4-6-14-37(35)41(38-15-7-5-13-36(38)40)32-22-19-28-10-2-3-11-31(28)23-32/h2-24,26,42H,25H2,1H3. The van der Waals surface area contributed by atoms with Crippen molar-refractivity contribution in [2.45, 2.75) is 6.92 Å². The number of allylic oxidation sites excluding steroid dienone is 2. The normalized spacial score (nSPS) is 13.1. The molecule has 0 fully saturated rings. The highest BCUT2D eigenvalue weighted by Gasteiger charge is 2.17. The maximum Gasteiger partial charge on any atom is 0.0719 e. The monoisotopic (exact) mass is 550 g/mol. The van der Waals surface area contributed by atoms with Crippen molar-refractivity contribution < 1.29 is 0 Å². The summed E-state index contributed by atoms with van der Waals surface area (Å²) in [7, 11) is 0. The Hall–Kier alpha value is -5.47. The number of fused-ring (bicyclic) bond motifs is 3. The molecule has 2 heteroatoms. The van der Waals surface area contributed by atoms with Crippen LogP contribution in [0.5, 0.6) is 0 Å². The molecule has 8 rings (SSSR count). The van der Waals surface area contributed by atoms with Gasteiger partial charge in [-0.1, -0.05) is 115 Å². The summed E-state index contributed by atoms with van der Waals surface area (Å²) in [6.45, 7) is 2.83. The minimum Gasteiger partial charge on any atom is -0.386 e. The van der Waals surface area contributed by atoms with Crippen molar-refractivity contribution in [1.82, 2.24) is 10.3 Å². The molecule has 0 unspecified atom stereocenters. The van der Waals surface area contributed by atoms with E-state index in [4.69, 9.17) is 4.98 Å². The van der Waals surface area contributed by atoms with Crippen LogP contribution in [0.2, 0.25) is 0 Å². The van der Waals surface area contributed by atoms with Gasteiger partial charge in [-0.3, -0.25) is 4.98 Å². The lowest BCUT2D eigenvalue weighted by atomic mass is 9.85. The molecule has 7 aromatic rings. The lowest BCUT2D eigenvalue weighted by Crippen LogP contribution is -2.14. The Labute approximate surface area is 251 Å². The van der Waals surface area contributed by atoms with Gasteiger partial charge in [-0.25, -0.2) is 0 Å². The van der Waals surface area contributed by atoms with Gasteiger partial charge in [-0.05, 0) is 96.9 Å². The number of dihydropyridines is 1. The summed E-state index contributed by atoms with van der Waals surface area (Å²) in [6, 6.07) is 48.4. The highest BCUT2D eigenvalue weighted by Crippen LogP contribution is 2.44. The number of rotatable bonds is 4. The molecule has 1 N–H and O–H groups in total. The van der Waals surface area contributed by atoms with E-state index in [0.717, 1.165) is 23.5 Å². The minimum atomic E-state index is 0.793. The van der Waals surface area contributed by atoms with Gasteiger partial charge in [0.25, 0.3) is 0 Å². The Morgan fingerprint density at radius 1 is 0.535 bits per heavy atom. The second-order valence-electron chi connectivity index (χ2n) is 11.3. The maximum absolute atomic E-state index is 4.73. The smallest absolute Gasteiger partial charge is 0.0719 e.